The van der Waals surface area contributed by atoms with Crippen molar-refractivity contribution >= 4 is 17.0 Å². The van der Waals surface area contributed by atoms with Gasteiger partial charge >= 0.3 is 0 Å². The van der Waals surface area contributed by atoms with Gasteiger partial charge in [-0.1, -0.05) is 12.1 Å². The molecule has 1 aromatic heterocycles. The highest BCUT2D eigenvalue weighted by Crippen LogP contribution is 2.31. The molecule has 3 rings (SSSR count). The molecule has 1 saturated carbocycles. The summed E-state index contributed by atoms with van der Waals surface area (Å²) in [7, 11) is 0. The van der Waals surface area contributed by atoms with Crippen LogP contribution in [0.5, 0.6) is 0 Å². The molecule has 1 aliphatic rings. The number of hydrogen-bond acceptors (Lipinski definition) is 4. The Bertz CT molecular complexity index is 649. The Morgan fingerprint density at radius 2 is 2.10 bits per heavy atom. The molecule has 21 heavy (non-hydrogen) atoms. The molecule has 5 heteroatoms. The number of benzene rings is 1. The van der Waals surface area contributed by atoms with Gasteiger partial charge in [0.15, 0.2) is 0 Å². The third-order valence-electron chi connectivity index (χ3n) is 3.73. The fraction of sp³-hybridized carbons (Fsp3) is 0.375. The fourth-order valence-electron chi connectivity index (χ4n) is 2.53. The molecular formula is C16H18N2O2S. The summed E-state index contributed by atoms with van der Waals surface area (Å²) in [6.07, 6.45) is 2.47. The molecule has 2 aromatic rings. The first-order valence-electron chi connectivity index (χ1n) is 7.14. The first kappa shape index (κ1) is 14.2. The van der Waals surface area contributed by atoms with Crippen molar-refractivity contribution < 1.29 is 4.92 Å². The standard InChI is InChI=1S/C16H18N2O2S/c1-12-5-8-16(21-12)11-17(14-6-7-14)10-13-3-2-4-15(9-13)18(19)20/h2-5,8-9,14H,6-7,10-11H2,1H3. The van der Waals surface area contributed by atoms with Gasteiger partial charge in [0, 0.05) is 41.0 Å². The Morgan fingerprint density at radius 3 is 2.71 bits per heavy atom. The van der Waals surface area contributed by atoms with Crippen LogP contribution in [0.25, 0.3) is 0 Å². The van der Waals surface area contributed by atoms with Crippen molar-refractivity contribution in [3.8, 4) is 0 Å². The molecule has 1 fully saturated rings. The summed E-state index contributed by atoms with van der Waals surface area (Å²) in [4.78, 5) is 15.7. The number of aryl methyl sites for hydroxylation is 1. The third-order valence-corrected chi connectivity index (χ3v) is 4.71. The summed E-state index contributed by atoms with van der Waals surface area (Å²) in [6, 6.07) is 12.0. The predicted octanol–water partition coefficient (Wildman–Crippen LogP) is 4.13. The van der Waals surface area contributed by atoms with Crippen molar-refractivity contribution in [2.45, 2.75) is 38.9 Å². The topological polar surface area (TPSA) is 46.4 Å². The number of rotatable bonds is 6. The second kappa shape index (κ2) is 5.95. The summed E-state index contributed by atoms with van der Waals surface area (Å²) >= 11 is 1.83. The van der Waals surface area contributed by atoms with Crippen molar-refractivity contribution in [2.75, 3.05) is 0 Å². The van der Waals surface area contributed by atoms with Crippen LogP contribution in [0, 0.1) is 17.0 Å². The molecular weight excluding hydrogens is 284 g/mol. The number of thiophene rings is 1. The van der Waals surface area contributed by atoms with Crippen LogP contribution in [0.3, 0.4) is 0 Å². The second-order valence-corrected chi connectivity index (χ2v) is 6.95. The highest BCUT2D eigenvalue weighted by molar-refractivity contribution is 7.11. The first-order valence-corrected chi connectivity index (χ1v) is 7.96. The van der Waals surface area contributed by atoms with Gasteiger partial charge in [-0.25, -0.2) is 0 Å². The molecule has 0 bridgehead atoms. The summed E-state index contributed by atoms with van der Waals surface area (Å²) in [5, 5.41) is 10.9. The van der Waals surface area contributed by atoms with Gasteiger partial charge in [-0.05, 0) is 37.5 Å². The average Bonchev–Trinajstić information content (AvgIpc) is 3.22. The number of hydrogen-bond donors (Lipinski definition) is 0. The minimum Gasteiger partial charge on any atom is -0.291 e. The lowest BCUT2D eigenvalue weighted by Crippen LogP contribution is -2.24. The van der Waals surface area contributed by atoms with E-state index in [1.165, 1.54) is 22.6 Å². The third kappa shape index (κ3) is 3.68. The lowest BCUT2D eigenvalue weighted by Gasteiger charge is -2.21. The van der Waals surface area contributed by atoms with Crippen LogP contribution in [0.15, 0.2) is 36.4 Å². The smallest absolute Gasteiger partial charge is 0.269 e. The maximum absolute atomic E-state index is 10.9. The van der Waals surface area contributed by atoms with E-state index >= 15 is 0 Å². The molecule has 0 N–H and O–H groups in total. The summed E-state index contributed by atoms with van der Waals surface area (Å²) in [5.41, 5.74) is 1.19. The average molecular weight is 302 g/mol. The lowest BCUT2D eigenvalue weighted by molar-refractivity contribution is -0.384. The minimum absolute atomic E-state index is 0.176. The normalized spacial score (nSPS) is 14.6. The molecule has 0 atom stereocenters. The van der Waals surface area contributed by atoms with Crippen LogP contribution in [-0.4, -0.2) is 15.9 Å². The summed E-state index contributed by atoms with van der Waals surface area (Å²) in [6.45, 7) is 3.84. The molecule has 110 valence electrons. The van der Waals surface area contributed by atoms with E-state index < -0.39 is 0 Å². The zero-order chi connectivity index (χ0) is 14.8. The minimum atomic E-state index is -0.326. The number of nitro benzene ring substituents is 1. The van der Waals surface area contributed by atoms with Crippen LogP contribution < -0.4 is 0 Å². The molecule has 0 amide bonds. The molecule has 0 aliphatic heterocycles. The van der Waals surface area contributed by atoms with Gasteiger partial charge in [0.2, 0.25) is 0 Å². The highest BCUT2D eigenvalue weighted by Gasteiger charge is 2.29. The fourth-order valence-corrected chi connectivity index (χ4v) is 3.44. The summed E-state index contributed by atoms with van der Waals surface area (Å²) < 4.78 is 0. The van der Waals surface area contributed by atoms with E-state index in [1.807, 2.05) is 17.4 Å². The number of non-ortho nitro benzene ring substituents is 1. The van der Waals surface area contributed by atoms with Crippen molar-refractivity contribution in [1.29, 1.82) is 0 Å². The summed E-state index contributed by atoms with van der Waals surface area (Å²) in [5.74, 6) is 0. The Kier molecular flexibility index (Phi) is 4.03. The Balaban J connectivity index is 1.73. The van der Waals surface area contributed by atoms with Gasteiger partial charge in [-0.15, -0.1) is 11.3 Å². The first-order chi connectivity index (χ1) is 10.1. The predicted molar refractivity (Wildman–Crippen MR) is 84.4 cm³/mol. The molecule has 4 nitrogen and oxygen atoms in total. The van der Waals surface area contributed by atoms with Crippen molar-refractivity contribution in [1.82, 2.24) is 4.90 Å². The quantitative estimate of drug-likeness (QED) is 0.595. The van der Waals surface area contributed by atoms with Crippen molar-refractivity contribution in [3.05, 3.63) is 61.8 Å². The largest absolute Gasteiger partial charge is 0.291 e. The van der Waals surface area contributed by atoms with Crippen LogP contribution in [-0.2, 0) is 13.1 Å². The van der Waals surface area contributed by atoms with Gasteiger partial charge in [0.1, 0.15) is 0 Å². The highest BCUT2D eigenvalue weighted by atomic mass is 32.1. The maximum Gasteiger partial charge on any atom is 0.269 e. The number of nitro groups is 1. The van der Waals surface area contributed by atoms with Gasteiger partial charge in [-0.3, -0.25) is 15.0 Å². The van der Waals surface area contributed by atoms with Gasteiger partial charge in [0.25, 0.3) is 5.69 Å². The van der Waals surface area contributed by atoms with E-state index in [0.717, 1.165) is 18.7 Å². The molecule has 1 heterocycles. The van der Waals surface area contributed by atoms with E-state index in [4.69, 9.17) is 0 Å². The van der Waals surface area contributed by atoms with Gasteiger partial charge < -0.3 is 0 Å². The van der Waals surface area contributed by atoms with Crippen molar-refractivity contribution in [3.63, 3.8) is 0 Å². The Labute approximate surface area is 128 Å². The monoisotopic (exact) mass is 302 g/mol. The van der Waals surface area contributed by atoms with Crippen LogP contribution in [0.2, 0.25) is 0 Å². The van der Waals surface area contributed by atoms with Gasteiger partial charge in [-0.2, -0.15) is 0 Å². The molecule has 0 unspecified atom stereocenters. The Hall–Kier alpha value is -1.72. The van der Waals surface area contributed by atoms with E-state index in [2.05, 4.69) is 24.0 Å². The molecule has 1 aromatic carbocycles. The van der Waals surface area contributed by atoms with E-state index in [9.17, 15) is 10.1 Å². The SMILES string of the molecule is Cc1ccc(CN(Cc2cccc([N+](=O)[O-])c2)C2CC2)s1. The van der Waals surface area contributed by atoms with Crippen LogP contribution in [0.1, 0.15) is 28.2 Å². The van der Waals surface area contributed by atoms with E-state index in [-0.39, 0.29) is 10.6 Å². The van der Waals surface area contributed by atoms with Crippen LogP contribution in [0.4, 0.5) is 5.69 Å². The van der Waals surface area contributed by atoms with E-state index in [1.54, 1.807) is 18.2 Å². The van der Waals surface area contributed by atoms with Gasteiger partial charge in [0.05, 0.1) is 4.92 Å². The number of nitrogens with zero attached hydrogens (tertiary/aromatic N) is 2. The lowest BCUT2D eigenvalue weighted by atomic mass is 10.2. The molecule has 0 radical (unpaired) electrons. The zero-order valence-electron chi connectivity index (χ0n) is 12.0. The molecule has 1 aliphatic carbocycles. The second-order valence-electron chi connectivity index (χ2n) is 5.58. The Morgan fingerprint density at radius 1 is 1.29 bits per heavy atom. The molecule has 0 spiro atoms. The van der Waals surface area contributed by atoms with E-state index in [0.29, 0.717) is 6.04 Å². The molecule has 0 saturated heterocycles. The van der Waals surface area contributed by atoms with Crippen molar-refractivity contribution in [2.24, 2.45) is 0 Å². The maximum atomic E-state index is 10.9. The van der Waals surface area contributed by atoms with Crippen LogP contribution >= 0.6 is 11.3 Å². The zero-order valence-corrected chi connectivity index (χ0v) is 12.8.